The van der Waals surface area contributed by atoms with Crippen molar-refractivity contribution in [1.29, 1.82) is 0 Å². The zero-order valence-electron chi connectivity index (χ0n) is 16.6. The van der Waals surface area contributed by atoms with Gasteiger partial charge < -0.3 is 19.3 Å². The third kappa shape index (κ3) is 5.58. The Morgan fingerprint density at radius 2 is 1.65 bits per heavy atom. The summed E-state index contributed by atoms with van der Waals surface area (Å²) in [7, 11) is -2.05. The summed E-state index contributed by atoms with van der Waals surface area (Å²) in [6, 6.07) is 13.1. The Morgan fingerprint density at radius 1 is 1.00 bits per heavy atom. The maximum Gasteiger partial charge on any atom is 0.339 e. The minimum atomic E-state index is -3.41. The van der Waals surface area contributed by atoms with Crippen LogP contribution in [0.1, 0.15) is 5.56 Å². The number of nitrogens with zero attached hydrogens (tertiary/aromatic N) is 2. The van der Waals surface area contributed by atoms with Gasteiger partial charge in [0.2, 0.25) is 0 Å². The first-order valence-corrected chi connectivity index (χ1v) is 10.7. The van der Waals surface area contributed by atoms with E-state index in [-0.39, 0.29) is 16.5 Å². The third-order valence-corrected chi connectivity index (χ3v) is 4.99. The number of hydrogen-bond donors (Lipinski definition) is 1. The zero-order valence-corrected chi connectivity index (χ0v) is 17.4. The molecule has 0 saturated heterocycles. The van der Waals surface area contributed by atoms with Crippen molar-refractivity contribution in [3.63, 3.8) is 0 Å². The van der Waals surface area contributed by atoms with Crippen molar-refractivity contribution in [2.75, 3.05) is 13.4 Å². The van der Waals surface area contributed by atoms with Crippen LogP contribution in [0.2, 0.25) is 0 Å². The molecular formula is C21H18N2O7S. The Morgan fingerprint density at radius 3 is 2.26 bits per heavy atom. The van der Waals surface area contributed by atoms with Gasteiger partial charge >= 0.3 is 12.0 Å². The Labute approximate surface area is 178 Å². The van der Waals surface area contributed by atoms with Crippen LogP contribution in [0, 0.1) is 0 Å². The first-order chi connectivity index (χ1) is 14.8. The van der Waals surface area contributed by atoms with E-state index in [4.69, 9.17) is 14.2 Å². The van der Waals surface area contributed by atoms with Gasteiger partial charge in [-0.1, -0.05) is 24.3 Å². The van der Waals surface area contributed by atoms with E-state index in [1.165, 1.54) is 7.11 Å². The average molecular weight is 442 g/mol. The number of aromatic nitrogens is 2. The van der Waals surface area contributed by atoms with Gasteiger partial charge in [0.15, 0.2) is 9.84 Å². The fourth-order valence-electron chi connectivity index (χ4n) is 2.51. The smallest absolute Gasteiger partial charge is 0.339 e. The normalized spacial score (nSPS) is 11.6. The highest BCUT2D eigenvalue weighted by Gasteiger charge is 2.17. The number of ether oxygens (including phenoxy) is 3. The van der Waals surface area contributed by atoms with Crippen molar-refractivity contribution < 1.29 is 32.5 Å². The number of carboxylic acid groups (broad SMARTS) is 1. The molecule has 0 spiro atoms. The van der Waals surface area contributed by atoms with Crippen LogP contribution in [0.3, 0.4) is 0 Å². The summed E-state index contributed by atoms with van der Waals surface area (Å²) >= 11 is 0. The summed E-state index contributed by atoms with van der Waals surface area (Å²) in [6.45, 7) is 0. The number of carbonyl (C=O) groups is 1. The monoisotopic (exact) mass is 442 g/mol. The van der Waals surface area contributed by atoms with E-state index in [1.54, 1.807) is 48.5 Å². The number of rotatable bonds is 8. The molecule has 0 aliphatic rings. The molecule has 10 heteroatoms. The summed E-state index contributed by atoms with van der Waals surface area (Å²) < 4.78 is 39.3. The lowest BCUT2D eigenvalue weighted by atomic mass is 10.1. The second-order valence-electron chi connectivity index (χ2n) is 6.22. The summed E-state index contributed by atoms with van der Waals surface area (Å²) in [5.74, 6) is -0.142. The van der Waals surface area contributed by atoms with Gasteiger partial charge in [0, 0.05) is 17.9 Å². The Kier molecular flexibility index (Phi) is 6.51. The Hall–Kier alpha value is -3.92. The molecule has 2 aromatic carbocycles. The van der Waals surface area contributed by atoms with E-state index in [1.807, 2.05) is 0 Å². The highest BCUT2D eigenvalue weighted by atomic mass is 32.2. The number of aliphatic carboxylic acids is 1. The van der Waals surface area contributed by atoms with E-state index >= 15 is 0 Å². The molecule has 1 N–H and O–H groups in total. The van der Waals surface area contributed by atoms with Crippen molar-refractivity contribution >= 4 is 21.4 Å². The predicted octanol–water partition coefficient (Wildman–Crippen LogP) is 3.54. The molecule has 0 bridgehead atoms. The third-order valence-electron chi connectivity index (χ3n) is 3.92. The average Bonchev–Trinajstić information content (AvgIpc) is 2.72. The highest BCUT2D eigenvalue weighted by Crippen LogP contribution is 2.32. The lowest BCUT2D eigenvalue weighted by Gasteiger charge is -2.12. The fraction of sp³-hybridized carbons (Fsp3) is 0.0952. The Bertz CT molecular complexity index is 1220. The number of sulfone groups is 1. The maximum absolute atomic E-state index is 11.6. The second kappa shape index (κ2) is 9.26. The van der Waals surface area contributed by atoms with Crippen LogP contribution < -0.4 is 9.47 Å². The first-order valence-electron chi connectivity index (χ1n) is 8.81. The molecular weight excluding hydrogens is 424 g/mol. The van der Waals surface area contributed by atoms with E-state index in [2.05, 4.69) is 9.97 Å². The number of hydrogen-bond acceptors (Lipinski definition) is 8. The van der Waals surface area contributed by atoms with Crippen LogP contribution in [0.5, 0.6) is 23.3 Å². The first kappa shape index (κ1) is 21.8. The van der Waals surface area contributed by atoms with Crippen LogP contribution in [-0.2, 0) is 19.4 Å². The summed E-state index contributed by atoms with van der Waals surface area (Å²) in [5, 5.41) is 9.45. The quantitative estimate of drug-likeness (QED) is 0.412. The Balaban J connectivity index is 1.84. The van der Waals surface area contributed by atoms with Gasteiger partial charge in [-0.15, -0.1) is 0 Å². The number of para-hydroxylation sites is 1. The molecule has 9 nitrogen and oxygen atoms in total. The lowest BCUT2D eigenvalue weighted by Crippen LogP contribution is -2.02. The van der Waals surface area contributed by atoms with E-state index in [9.17, 15) is 18.3 Å². The predicted molar refractivity (Wildman–Crippen MR) is 111 cm³/mol. The molecule has 3 rings (SSSR count). The summed E-state index contributed by atoms with van der Waals surface area (Å²) in [4.78, 5) is 19.3. The zero-order chi connectivity index (χ0) is 22.4. The largest absolute Gasteiger partial charge is 0.503 e. The van der Waals surface area contributed by atoms with Gasteiger partial charge in [-0.25, -0.2) is 23.2 Å². The van der Waals surface area contributed by atoms with Crippen molar-refractivity contribution in [1.82, 2.24) is 9.97 Å². The fourth-order valence-corrected chi connectivity index (χ4v) is 3.00. The molecule has 160 valence electrons. The molecule has 3 aromatic rings. The van der Waals surface area contributed by atoms with Gasteiger partial charge in [-0.2, -0.15) is 0 Å². The van der Waals surface area contributed by atoms with Gasteiger partial charge in [-0.3, -0.25) is 0 Å². The van der Waals surface area contributed by atoms with E-state index < -0.39 is 15.8 Å². The molecule has 0 aliphatic heterocycles. The van der Waals surface area contributed by atoms with Crippen LogP contribution in [0.15, 0.2) is 72.1 Å². The SMILES string of the molecule is COC=C(C(=O)O)c1ccccc1Oc1cccc(Oc2ncc(S(C)(=O)=O)cn2)c1. The van der Waals surface area contributed by atoms with Crippen molar-refractivity contribution in [2.24, 2.45) is 0 Å². The van der Waals surface area contributed by atoms with E-state index in [0.717, 1.165) is 24.9 Å². The van der Waals surface area contributed by atoms with Crippen LogP contribution in [0.4, 0.5) is 0 Å². The summed E-state index contributed by atoms with van der Waals surface area (Å²) in [5.41, 5.74) is 0.271. The molecule has 0 saturated carbocycles. The lowest BCUT2D eigenvalue weighted by molar-refractivity contribution is -0.130. The van der Waals surface area contributed by atoms with Crippen molar-refractivity contribution in [2.45, 2.75) is 4.90 Å². The van der Waals surface area contributed by atoms with Crippen LogP contribution >= 0.6 is 0 Å². The molecule has 31 heavy (non-hydrogen) atoms. The molecule has 0 amide bonds. The van der Waals surface area contributed by atoms with E-state index in [0.29, 0.717) is 22.8 Å². The molecule has 0 radical (unpaired) electrons. The second-order valence-corrected chi connectivity index (χ2v) is 8.24. The van der Waals surface area contributed by atoms with Gasteiger partial charge in [0.25, 0.3) is 0 Å². The standard InChI is InChI=1S/C21H18N2O7S/c1-28-13-18(20(24)25)17-8-3-4-9-19(17)29-14-6-5-7-15(10-14)30-21-22-11-16(12-23-21)31(2,26)27/h3-13H,1-2H3,(H,24,25). The van der Waals surface area contributed by atoms with Crippen molar-refractivity contribution in [3.05, 3.63) is 72.8 Å². The molecule has 0 unspecified atom stereocenters. The highest BCUT2D eigenvalue weighted by molar-refractivity contribution is 7.90. The number of carboxylic acids is 1. The molecule has 1 aromatic heterocycles. The maximum atomic E-state index is 11.6. The molecule has 0 fully saturated rings. The molecule has 0 aliphatic carbocycles. The number of methoxy groups -OCH3 is 1. The van der Waals surface area contributed by atoms with Gasteiger partial charge in [0.05, 0.1) is 25.8 Å². The van der Waals surface area contributed by atoms with Crippen LogP contribution in [-0.4, -0.2) is 42.8 Å². The number of benzene rings is 2. The van der Waals surface area contributed by atoms with Crippen LogP contribution in [0.25, 0.3) is 5.57 Å². The molecule has 1 heterocycles. The van der Waals surface area contributed by atoms with Crippen molar-refractivity contribution in [3.8, 4) is 23.3 Å². The topological polar surface area (TPSA) is 125 Å². The molecule has 0 atom stereocenters. The minimum Gasteiger partial charge on any atom is -0.503 e. The minimum absolute atomic E-state index is 0.0214. The van der Waals surface area contributed by atoms with Gasteiger partial charge in [-0.05, 0) is 18.2 Å². The van der Waals surface area contributed by atoms with Gasteiger partial charge in [0.1, 0.15) is 27.7 Å². The summed E-state index contributed by atoms with van der Waals surface area (Å²) in [6.07, 6.45) is 4.50.